The van der Waals surface area contributed by atoms with E-state index in [1.807, 2.05) is 0 Å². The molecule has 3 heteroatoms. The fraction of sp³-hybridized carbons (Fsp3) is 0.538. The van der Waals surface area contributed by atoms with Crippen LogP contribution in [0.2, 0.25) is 5.02 Å². The largest absolute Gasteiger partial charge is 0.316 e. The van der Waals surface area contributed by atoms with E-state index in [9.17, 15) is 4.39 Å². The van der Waals surface area contributed by atoms with E-state index in [0.29, 0.717) is 16.5 Å². The number of hydrogen-bond donors (Lipinski definition) is 1. The van der Waals surface area contributed by atoms with Crippen LogP contribution >= 0.6 is 11.6 Å². The van der Waals surface area contributed by atoms with Crippen molar-refractivity contribution in [3.05, 3.63) is 34.1 Å². The van der Waals surface area contributed by atoms with Gasteiger partial charge in [0, 0.05) is 5.02 Å². The van der Waals surface area contributed by atoms with E-state index in [4.69, 9.17) is 11.6 Å². The van der Waals surface area contributed by atoms with Crippen LogP contribution in [0, 0.1) is 18.7 Å². The molecule has 1 aromatic carbocycles. The van der Waals surface area contributed by atoms with Crippen LogP contribution in [0.5, 0.6) is 0 Å². The normalized spacial score (nSPS) is 21.1. The maximum atomic E-state index is 13.4. The molecule has 1 aromatic rings. The number of hydrogen-bond acceptors (Lipinski definition) is 1. The van der Waals surface area contributed by atoms with Gasteiger partial charge in [-0.05, 0) is 68.5 Å². The van der Waals surface area contributed by atoms with Gasteiger partial charge in [0.1, 0.15) is 5.82 Å². The van der Waals surface area contributed by atoms with Gasteiger partial charge in [-0.25, -0.2) is 4.39 Å². The molecule has 0 amide bonds. The average Bonchev–Trinajstić information content (AvgIpc) is 2.27. The molecule has 1 unspecified atom stereocenters. The number of rotatable bonds is 2. The zero-order chi connectivity index (χ0) is 11.5. The summed E-state index contributed by atoms with van der Waals surface area (Å²) < 4.78 is 13.4. The standard InChI is InChI=1S/C13H17ClFN/c1-9-5-12(14)11(7-13(9)15)6-10-3-2-4-16-8-10/h5,7,10,16H,2-4,6,8H2,1H3. The van der Waals surface area contributed by atoms with Gasteiger partial charge in [-0.2, -0.15) is 0 Å². The fourth-order valence-electron chi connectivity index (χ4n) is 2.25. The highest BCUT2D eigenvalue weighted by atomic mass is 35.5. The minimum absolute atomic E-state index is 0.150. The topological polar surface area (TPSA) is 12.0 Å². The third kappa shape index (κ3) is 2.74. The van der Waals surface area contributed by atoms with Gasteiger partial charge < -0.3 is 5.32 Å². The van der Waals surface area contributed by atoms with E-state index in [-0.39, 0.29) is 5.82 Å². The maximum absolute atomic E-state index is 13.4. The lowest BCUT2D eigenvalue weighted by Crippen LogP contribution is -2.30. The Bertz CT molecular complexity index is 372. The predicted octanol–water partition coefficient (Wildman–Crippen LogP) is 3.33. The van der Waals surface area contributed by atoms with Crippen LogP contribution in [-0.2, 0) is 6.42 Å². The minimum Gasteiger partial charge on any atom is -0.316 e. The monoisotopic (exact) mass is 241 g/mol. The first-order chi connectivity index (χ1) is 7.66. The molecule has 1 aliphatic rings. The number of nitrogens with one attached hydrogen (secondary N) is 1. The lowest BCUT2D eigenvalue weighted by atomic mass is 9.92. The highest BCUT2D eigenvalue weighted by Gasteiger charge is 2.15. The lowest BCUT2D eigenvalue weighted by Gasteiger charge is -2.23. The molecule has 0 saturated carbocycles. The minimum atomic E-state index is -0.150. The highest BCUT2D eigenvalue weighted by Crippen LogP contribution is 2.25. The summed E-state index contributed by atoms with van der Waals surface area (Å²) in [5, 5.41) is 4.06. The Hall–Kier alpha value is -0.600. The van der Waals surface area contributed by atoms with Crippen LogP contribution in [0.3, 0.4) is 0 Å². The molecule has 16 heavy (non-hydrogen) atoms. The van der Waals surface area contributed by atoms with Crippen molar-refractivity contribution >= 4 is 11.6 Å². The van der Waals surface area contributed by atoms with E-state index in [0.717, 1.165) is 25.1 Å². The van der Waals surface area contributed by atoms with E-state index < -0.39 is 0 Å². The van der Waals surface area contributed by atoms with Gasteiger partial charge in [-0.3, -0.25) is 0 Å². The first-order valence-electron chi connectivity index (χ1n) is 5.82. The second kappa shape index (κ2) is 5.15. The maximum Gasteiger partial charge on any atom is 0.126 e. The van der Waals surface area contributed by atoms with Crippen LogP contribution in [0.25, 0.3) is 0 Å². The smallest absolute Gasteiger partial charge is 0.126 e. The number of benzene rings is 1. The summed E-state index contributed by atoms with van der Waals surface area (Å²) in [4.78, 5) is 0. The fourth-order valence-corrected chi connectivity index (χ4v) is 2.55. The predicted molar refractivity (Wildman–Crippen MR) is 65.4 cm³/mol. The molecule has 1 saturated heterocycles. The molecule has 1 aliphatic heterocycles. The van der Waals surface area contributed by atoms with Gasteiger partial charge in [-0.1, -0.05) is 11.6 Å². The Morgan fingerprint density at radius 3 is 3.00 bits per heavy atom. The van der Waals surface area contributed by atoms with Crippen molar-refractivity contribution in [2.75, 3.05) is 13.1 Å². The molecule has 0 radical (unpaired) electrons. The van der Waals surface area contributed by atoms with Crippen molar-refractivity contribution in [3.63, 3.8) is 0 Å². The van der Waals surface area contributed by atoms with E-state index in [2.05, 4.69) is 5.32 Å². The van der Waals surface area contributed by atoms with E-state index in [1.165, 1.54) is 12.8 Å². The zero-order valence-electron chi connectivity index (χ0n) is 9.52. The Morgan fingerprint density at radius 1 is 1.50 bits per heavy atom. The molecule has 0 spiro atoms. The summed E-state index contributed by atoms with van der Waals surface area (Å²) in [7, 11) is 0. The molecule has 1 atom stereocenters. The van der Waals surface area contributed by atoms with Crippen LogP contribution in [0.4, 0.5) is 4.39 Å². The second-order valence-corrected chi connectivity index (χ2v) is 5.02. The Balaban J connectivity index is 2.11. The van der Waals surface area contributed by atoms with Crippen LogP contribution in [0.1, 0.15) is 24.0 Å². The van der Waals surface area contributed by atoms with Crippen LogP contribution < -0.4 is 5.32 Å². The summed E-state index contributed by atoms with van der Waals surface area (Å²) in [6.07, 6.45) is 3.29. The summed E-state index contributed by atoms with van der Waals surface area (Å²) >= 11 is 6.13. The quantitative estimate of drug-likeness (QED) is 0.838. The third-order valence-electron chi connectivity index (χ3n) is 3.24. The van der Waals surface area contributed by atoms with Crippen molar-refractivity contribution in [1.29, 1.82) is 0 Å². The van der Waals surface area contributed by atoms with Gasteiger partial charge in [0.05, 0.1) is 0 Å². The zero-order valence-corrected chi connectivity index (χ0v) is 10.3. The average molecular weight is 242 g/mol. The molecule has 1 nitrogen and oxygen atoms in total. The van der Waals surface area contributed by atoms with Crippen molar-refractivity contribution in [1.82, 2.24) is 5.32 Å². The number of halogens is 2. The Labute approximate surface area is 101 Å². The molecular weight excluding hydrogens is 225 g/mol. The van der Waals surface area contributed by atoms with Gasteiger partial charge in [-0.15, -0.1) is 0 Å². The number of aryl methyl sites for hydroxylation is 1. The van der Waals surface area contributed by atoms with Gasteiger partial charge in [0.15, 0.2) is 0 Å². The van der Waals surface area contributed by atoms with Crippen molar-refractivity contribution in [2.45, 2.75) is 26.2 Å². The summed E-state index contributed by atoms with van der Waals surface area (Å²) in [5.74, 6) is 0.441. The van der Waals surface area contributed by atoms with Crippen LogP contribution in [0.15, 0.2) is 12.1 Å². The SMILES string of the molecule is Cc1cc(Cl)c(CC2CCCNC2)cc1F. The molecule has 1 heterocycles. The van der Waals surface area contributed by atoms with Crippen LogP contribution in [-0.4, -0.2) is 13.1 Å². The van der Waals surface area contributed by atoms with E-state index in [1.54, 1.807) is 19.1 Å². The second-order valence-electron chi connectivity index (χ2n) is 4.61. The first-order valence-corrected chi connectivity index (χ1v) is 6.20. The summed E-state index contributed by atoms with van der Waals surface area (Å²) in [6, 6.07) is 3.31. The van der Waals surface area contributed by atoms with Crippen molar-refractivity contribution < 1.29 is 4.39 Å². The summed E-state index contributed by atoms with van der Waals surface area (Å²) in [6.45, 7) is 3.87. The Morgan fingerprint density at radius 2 is 2.31 bits per heavy atom. The Kier molecular flexibility index (Phi) is 3.82. The number of piperidine rings is 1. The third-order valence-corrected chi connectivity index (χ3v) is 3.59. The van der Waals surface area contributed by atoms with Crippen molar-refractivity contribution in [2.24, 2.45) is 5.92 Å². The van der Waals surface area contributed by atoms with Crippen molar-refractivity contribution in [3.8, 4) is 0 Å². The molecule has 0 aliphatic carbocycles. The highest BCUT2D eigenvalue weighted by molar-refractivity contribution is 6.31. The molecular formula is C13H17ClFN. The van der Waals surface area contributed by atoms with Gasteiger partial charge in [0.25, 0.3) is 0 Å². The molecule has 1 fully saturated rings. The molecule has 88 valence electrons. The molecule has 0 bridgehead atoms. The lowest BCUT2D eigenvalue weighted by molar-refractivity contribution is 0.375. The molecule has 2 rings (SSSR count). The van der Waals surface area contributed by atoms with Gasteiger partial charge >= 0.3 is 0 Å². The molecule has 1 N–H and O–H groups in total. The first kappa shape index (κ1) is 11.9. The summed E-state index contributed by atoms with van der Waals surface area (Å²) in [5.41, 5.74) is 1.56. The van der Waals surface area contributed by atoms with Gasteiger partial charge in [0.2, 0.25) is 0 Å². The van der Waals surface area contributed by atoms with E-state index >= 15 is 0 Å². The molecule has 0 aromatic heterocycles.